The Hall–Kier alpha value is -3.08. The smallest absolute Gasteiger partial charge is 0.258 e. The molecule has 2 aromatic rings. The lowest BCUT2D eigenvalue weighted by Crippen LogP contribution is -2.30. The van der Waals surface area contributed by atoms with Crippen LogP contribution in [0.15, 0.2) is 49.0 Å². The first kappa shape index (κ1) is 17.7. The highest BCUT2D eigenvalue weighted by Gasteiger charge is 2.30. The molecule has 0 fully saturated rings. The predicted octanol–water partition coefficient (Wildman–Crippen LogP) is 3.14. The molecule has 1 heterocycles. The first-order chi connectivity index (χ1) is 12.5. The summed E-state index contributed by atoms with van der Waals surface area (Å²) in [4.78, 5) is 26.2. The maximum Gasteiger partial charge on any atom is 0.258 e. The van der Waals surface area contributed by atoms with Crippen LogP contribution in [-0.2, 0) is 11.3 Å². The van der Waals surface area contributed by atoms with Crippen molar-refractivity contribution >= 4 is 17.5 Å². The summed E-state index contributed by atoms with van der Waals surface area (Å²) < 4.78 is 5.23. The molecule has 0 aromatic heterocycles. The third kappa shape index (κ3) is 3.47. The minimum Gasteiger partial charge on any atom is -0.496 e. The summed E-state index contributed by atoms with van der Waals surface area (Å²) in [6.07, 6.45) is 0.230. The van der Waals surface area contributed by atoms with Gasteiger partial charge in [0.05, 0.1) is 7.11 Å². The zero-order chi connectivity index (χ0) is 18.7. The van der Waals surface area contributed by atoms with Gasteiger partial charge in [-0.2, -0.15) is 0 Å². The monoisotopic (exact) mass is 350 g/mol. The van der Waals surface area contributed by atoms with Gasteiger partial charge in [-0.05, 0) is 30.2 Å². The molecule has 0 saturated heterocycles. The number of methoxy groups -OCH3 is 1. The molecule has 1 aliphatic rings. The van der Waals surface area contributed by atoms with Crippen molar-refractivity contribution in [2.75, 3.05) is 13.7 Å². The lowest BCUT2D eigenvalue weighted by molar-refractivity contribution is -0.121. The number of hydrogen-bond acceptors (Lipinski definition) is 3. The molecule has 2 amide bonds. The zero-order valence-electron chi connectivity index (χ0n) is 15.0. The second kappa shape index (κ2) is 7.44. The molecule has 5 heteroatoms. The summed E-state index contributed by atoms with van der Waals surface area (Å²) in [5.74, 6) is 0.630. The van der Waals surface area contributed by atoms with E-state index >= 15 is 0 Å². The molecule has 3 rings (SSSR count). The van der Waals surface area contributed by atoms with Gasteiger partial charge in [0.2, 0.25) is 5.91 Å². The number of benzene rings is 2. The number of ether oxygens (including phenoxy) is 1. The van der Waals surface area contributed by atoms with E-state index in [0.29, 0.717) is 24.4 Å². The van der Waals surface area contributed by atoms with Crippen LogP contribution in [0.1, 0.15) is 33.5 Å². The molecule has 5 nitrogen and oxygen atoms in total. The van der Waals surface area contributed by atoms with Crippen molar-refractivity contribution in [2.45, 2.75) is 19.9 Å². The molecule has 1 N–H and O–H groups in total. The lowest BCUT2D eigenvalue weighted by atomic mass is 10.1. The van der Waals surface area contributed by atoms with E-state index in [0.717, 1.165) is 22.4 Å². The summed E-state index contributed by atoms with van der Waals surface area (Å²) in [6, 6.07) is 13.2. The normalized spacial score (nSPS) is 12.9. The maximum absolute atomic E-state index is 12.4. The van der Waals surface area contributed by atoms with E-state index in [2.05, 4.69) is 11.9 Å². The van der Waals surface area contributed by atoms with Crippen LogP contribution in [0.25, 0.3) is 5.70 Å². The molecule has 0 bridgehead atoms. The van der Waals surface area contributed by atoms with Crippen LogP contribution in [0.3, 0.4) is 0 Å². The summed E-state index contributed by atoms with van der Waals surface area (Å²) in [6.45, 7) is 6.71. The van der Waals surface area contributed by atoms with E-state index in [4.69, 9.17) is 4.74 Å². The molecule has 0 radical (unpaired) electrons. The highest BCUT2D eigenvalue weighted by Crippen LogP contribution is 2.31. The van der Waals surface area contributed by atoms with Gasteiger partial charge < -0.3 is 15.0 Å². The highest BCUT2D eigenvalue weighted by molar-refractivity contribution is 6.08. The Bertz CT molecular complexity index is 838. The van der Waals surface area contributed by atoms with Crippen molar-refractivity contribution in [1.29, 1.82) is 0 Å². The van der Waals surface area contributed by atoms with Crippen molar-refractivity contribution < 1.29 is 14.3 Å². The Balaban J connectivity index is 1.53. The van der Waals surface area contributed by atoms with Crippen molar-refractivity contribution in [1.82, 2.24) is 10.2 Å². The van der Waals surface area contributed by atoms with E-state index in [9.17, 15) is 9.59 Å². The number of rotatable bonds is 6. The standard InChI is InChI=1S/C21H22N2O3/c1-14-12-16(8-9-19(14)26-3)13-22-20(24)10-11-23-15(2)17-6-4-5-7-18(17)21(23)25/h4-9,12H,2,10-11,13H2,1,3H3,(H,22,24). The summed E-state index contributed by atoms with van der Waals surface area (Å²) in [7, 11) is 1.63. The van der Waals surface area contributed by atoms with Crippen LogP contribution in [0.4, 0.5) is 0 Å². The number of nitrogens with one attached hydrogen (secondary N) is 1. The Morgan fingerprint density at radius 1 is 1.19 bits per heavy atom. The zero-order valence-corrected chi connectivity index (χ0v) is 15.0. The van der Waals surface area contributed by atoms with Crippen LogP contribution in [-0.4, -0.2) is 30.4 Å². The van der Waals surface area contributed by atoms with Gasteiger partial charge >= 0.3 is 0 Å². The van der Waals surface area contributed by atoms with Crippen molar-refractivity contribution in [3.8, 4) is 5.75 Å². The van der Waals surface area contributed by atoms with Gasteiger partial charge in [0.15, 0.2) is 0 Å². The number of fused-ring (bicyclic) bond motifs is 1. The number of amides is 2. The molecule has 26 heavy (non-hydrogen) atoms. The summed E-state index contributed by atoms with van der Waals surface area (Å²) in [5, 5.41) is 2.89. The number of carbonyl (C=O) groups is 2. The lowest BCUT2D eigenvalue weighted by Gasteiger charge is -2.17. The van der Waals surface area contributed by atoms with Gasteiger partial charge in [-0.15, -0.1) is 0 Å². The fourth-order valence-corrected chi connectivity index (χ4v) is 3.12. The predicted molar refractivity (Wildman–Crippen MR) is 101 cm³/mol. The van der Waals surface area contributed by atoms with E-state index < -0.39 is 0 Å². The van der Waals surface area contributed by atoms with Gasteiger partial charge in [0.1, 0.15) is 5.75 Å². The molecule has 0 aliphatic carbocycles. The van der Waals surface area contributed by atoms with Crippen LogP contribution >= 0.6 is 0 Å². The van der Waals surface area contributed by atoms with Crippen LogP contribution in [0.2, 0.25) is 0 Å². The van der Waals surface area contributed by atoms with Crippen LogP contribution < -0.4 is 10.1 Å². The topological polar surface area (TPSA) is 58.6 Å². The molecule has 1 aliphatic heterocycles. The second-order valence-electron chi connectivity index (χ2n) is 6.28. The molecule has 0 unspecified atom stereocenters. The number of nitrogens with zero attached hydrogens (tertiary/aromatic N) is 1. The third-order valence-corrected chi connectivity index (χ3v) is 4.55. The molecule has 0 atom stereocenters. The van der Waals surface area contributed by atoms with Gasteiger partial charge in [0.25, 0.3) is 5.91 Å². The third-order valence-electron chi connectivity index (χ3n) is 4.55. The van der Waals surface area contributed by atoms with Gasteiger partial charge in [0, 0.05) is 36.3 Å². The molecule has 134 valence electrons. The Labute approximate surface area is 153 Å². The highest BCUT2D eigenvalue weighted by atomic mass is 16.5. The number of carbonyl (C=O) groups excluding carboxylic acids is 2. The fourth-order valence-electron chi connectivity index (χ4n) is 3.12. The Morgan fingerprint density at radius 2 is 1.92 bits per heavy atom. The summed E-state index contributed by atoms with van der Waals surface area (Å²) >= 11 is 0. The van der Waals surface area contributed by atoms with Crippen molar-refractivity contribution in [3.63, 3.8) is 0 Å². The van der Waals surface area contributed by atoms with E-state index in [1.54, 1.807) is 18.1 Å². The van der Waals surface area contributed by atoms with Crippen molar-refractivity contribution in [2.24, 2.45) is 0 Å². The largest absolute Gasteiger partial charge is 0.496 e. The van der Waals surface area contributed by atoms with Crippen molar-refractivity contribution in [3.05, 3.63) is 71.3 Å². The number of aryl methyl sites for hydroxylation is 1. The van der Waals surface area contributed by atoms with E-state index in [1.165, 1.54) is 0 Å². The van der Waals surface area contributed by atoms with E-state index in [1.807, 2.05) is 43.3 Å². The molecule has 0 spiro atoms. The maximum atomic E-state index is 12.4. The average Bonchev–Trinajstić information content (AvgIpc) is 2.89. The van der Waals surface area contributed by atoms with Gasteiger partial charge in [-0.1, -0.05) is 36.9 Å². The first-order valence-corrected chi connectivity index (χ1v) is 8.51. The molecule has 2 aromatic carbocycles. The van der Waals surface area contributed by atoms with Gasteiger partial charge in [-0.25, -0.2) is 0 Å². The quantitative estimate of drug-likeness (QED) is 0.871. The average molecular weight is 350 g/mol. The second-order valence-corrected chi connectivity index (χ2v) is 6.28. The first-order valence-electron chi connectivity index (χ1n) is 8.51. The minimum absolute atomic E-state index is 0.0934. The Morgan fingerprint density at radius 3 is 2.58 bits per heavy atom. The molecular formula is C21H22N2O3. The van der Waals surface area contributed by atoms with Gasteiger partial charge in [-0.3, -0.25) is 9.59 Å². The number of hydrogen-bond donors (Lipinski definition) is 1. The fraction of sp³-hybridized carbons (Fsp3) is 0.238. The summed E-state index contributed by atoms with van der Waals surface area (Å²) in [5.41, 5.74) is 4.17. The van der Waals surface area contributed by atoms with Crippen LogP contribution in [0, 0.1) is 6.92 Å². The molecular weight excluding hydrogens is 328 g/mol. The van der Waals surface area contributed by atoms with Crippen LogP contribution in [0.5, 0.6) is 5.75 Å². The van der Waals surface area contributed by atoms with E-state index in [-0.39, 0.29) is 18.2 Å². The minimum atomic E-state index is -0.102. The molecule has 0 saturated carbocycles. The Kier molecular flexibility index (Phi) is 5.07. The SMILES string of the molecule is C=C1c2ccccc2C(=O)N1CCC(=O)NCc1ccc(OC)c(C)c1.